The number of alkyl halides is 3. The highest BCUT2D eigenvalue weighted by molar-refractivity contribution is 5.26. The normalized spacial score (nSPS) is 13.9. The second-order valence-corrected chi connectivity index (χ2v) is 3.57. The molecule has 1 rings (SSSR count). The number of nitrogens with two attached hydrogens (primary N) is 1. The molecule has 0 unspecified atom stereocenters. The van der Waals surface area contributed by atoms with Gasteiger partial charge in [-0.3, -0.25) is 0 Å². The molecule has 1 aromatic carbocycles. The van der Waals surface area contributed by atoms with Crippen LogP contribution >= 0.6 is 0 Å². The van der Waals surface area contributed by atoms with Crippen molar-refractivity contribution in [2.45, 2.75) is 32.0 Å². The number of rotatable bonds is 3. The molecule has 1 atom stereocenters. The van der Waals surface area contributed by atoms with Gasteiger partial charge in [0, 0.05) is 6.04 Å². The Morgan fingerprint density at radius 1 is 1.33 bits per heavy atom. The van der Waals surface area contributed by atoms with Crippen LogP contribution in [0.2, 0.25) is 0 Å². The Labute approximate surface area is 87.1 Å². The molecule has 1 nitrogen and oxygen atoms in total. The zero-order valence-electron chi connectivity index (χ0n) is 8.51. The summed E-state index contributed by atoms with van der Waals surface area (Å²) in [5.74, 6) is 0. The molecule has 15 heavy (non-hydrogen) atoms. The van der Waals surface area contributed by atoms with E-state index in [4.69, 9.17) is 5.73 Å². The van der Waals surface area contributed by atoms with Crippen LogP contribution < -0.4 is 5.73 Å². The van der Waals surface area contributed by atoms with Gasteiger partial charge in [0.1, 0.15) is 0 Å². The molecule has 0 aliphatic heterocycles. The standard InChI is InChI=1S/C11H14F3N/c1-2-10(15)7-8-4-3-5-9(6-8)11(12,13)14/h3-6,10H,2,7,15H2,1H3/t10-/m1/s1. The summed E-state index contributed by atoms with van der Waals surface area (Å²) in [6, 6.07) is 5.25. The summed E-state index contributed by atoms with van der Waals surface area (Å²) in [7, 11) is 0. The first-order valence-corrected chi connectivity index (χ1v) is 4.85. The van der Waals surface area contributed by atoms with Gasteiger partial charge in [-0.2, -0.15) is 13.2 Å². The lowest BCUT2D eigenvalue weighted by molar-refractivity contribution is -0.137. The zero-order chi connectivity index (χ0) is 11.5. The first-order chi connectivity index (χ1) is 6.93. The Morgan fingerprint density at radius 2 is 2.00 bits per heavy atom. The molecular formula is C11H14F3N. The van der Waals surface area contributed by atoms with E-state index in [0.29, 0.717) is 12.0 Å². The molecule has 2 N–H and O–H groups in total. The van der Waals surface area contributed by atoms with E-state index in [1.165, 1.54) is 6.07 Å². The average molecular weight is 217 g/mol. The lowest BCUT2D eigenvalue weighted by Crippen LogP contribution is -2.21. The molecular weight excluding hydrogens is 203 g/mol. The van der Waals surface area contributed by atoms with Gasteiger partial charge in [0.25, 0.3) is 0 Å². The van der Waals surface area contributed by atoms with Gasteiger partial charge in [0.15, 0.2) is 0 Å². The predicted molar refractivity (Wildman–Crippen MR) is 53.4 cm³/mol. The molecule has 0 heterocycles. The third kappa shape index (κ3) is 3.55. The number of halogens is 3. The predicted octanol–water partition coefficient (Wildman–Crippen LogP) is 2.99. The molecule has 0 bridgehead atoms. The molecule has 0 amide bonds. The third-order valence-corrected chi connectivity index (χ3v) is 2.28. The molecule has 84 valence electrons. The first-order valence-electron chi connectivity index (χ1n) is 4.85. The lowest BCUT2D eigenvalue weighted by atomic mass is 10.0. The second kappa shape index (κ2) is 4.66. The van der Waals surface area contributed by atoms with E-state index in [1.54, 1.807) is 6.07 Å². The monoisotopic (exact) mass is 217 g/mol. The first kappa shape index (κ1) is 12.0. The quantitative estimate of drug-likeness (QED) is 0.827. The molecule has 4 heteroatoms. The van der Waals surface area contributed by atoms with Crippen molar-refractivity contribution in [3.05, 3.63) is 35.4 Å². The Bertz CT molecular complexity index is 320. The van der Waals surface area contributed by atoms with Gasteiger partial charge in [-0.05, 0) is 24.5 Å². The van der Waals surface area contributed by atoms with Crippen molar-refractivity contribution in [1.29, 1.82) is 0 Å². The highest BCUT2D eigenvalue weighted by Gasteiger charge is 2.30. The van der Waals surface area contributed by atoms with Gasteiger partial charge in [0.2, 0.25) is 0 Å². The van der Waals surface area contributed by atoms with Crippen LogP contribution in [0.15, 0.2) is 24.3 Å². The summed E-state index contributed by atoms with van der Waals surface area (Å²) >= 11 is 0. The van der Waals surface area contributed by atoms with E-state index < -0.39 is 11.7 Å². The van der Waals surface area contributed by atoms with Crippen LogP contribution in [0.5, 0.6) is 0 Å². The summed E-state index contributed by atoms with van der Waals surface area (Å²) in [5.41, 5.74) is 5.71. The Hall–Kier alpha value is -1.03. The summed E-state index contributed by atoms with van der Waals surface area (Å²) < 4.78 is 37.1. The van der Waals surface area contributed by atoms with Crippen LogP contribution in [0.25, 0.3) is 0 Å². The van der Waals surface area contributed by atoms with Crippen molar-refractivity contribution in [1.82, 2.24) is 0 Å². The fourth-order valence-corrected chi connectivity index (χ4v) is 1.32. The topological polar surface area (TPSA) is 26.0 Å². The third-order valence-electron chi connectivity index (χ3n) is 2.28. The van der Waals surface area contributed by atoms with Crippen LogP contribution in [-0.2, 0) is 12.6 Å². The van der Waals surface area contributed by atoms with E-state index >= 15 is 0 Å². The van der Waals surface area contributed by atoms with Gasteiger partial charge in [0.05, 0.1) is 5.56 Å². The summed E-state index contributed by atoms with van der Waals surface area (Å²) in [6.45, 7) is 1.91. The number of benzene rings is 1. The van der Waals surface area contributed by atoms with Crippen molar-refractivity contribution in [3.63, 3.8) is 0 Å². The zero-order valence-corrected chi connectivity index (χ0v) is 8.51. The van der Waals surface area contributed by atoms with Gasteiger partial charge >= 0.3 is 6.18 Å². The molecule has 0 saturated carbocycles. The number of hydrogen-bond donors (Lipinski definition) is 1. The summed E-state index contributed by atoms with van der Waals surface area (Å²) in [4.78, 5) is 0. The number of hydrogen-bond acceptors (Lipinski definition) is 1. The molecule has 0 fully saturated rings. The highest BCUT2D eigenvalue weighted by atomic mass is 19.4. The molecule has 0 aliphatic rings. The Balaban J connectivity index is 2.84. The maximum Gasteiger partial charge on any atom is 0.416 e. The largest absolute Gasteiger partial charge is 0.416 e. The van der Waals surface area contributed by atoms with Gasteiger partial charge in [-0.1, -0.05) is 25.1 Å². The smallest absolute Gasteiger partial charge is 0.327 e. The minimum absolute atomic E-state index is 0.0755. The van der Waals surface area contributed by atoms with Crippen molar-refractivity contribution >= 4 is 0 Å². The Kier molecular flexibility index (Phi) is 3.74. The summed E-state index contributed by atoms with van der Waals surface area (Å²) in [6.07, 6.45) is -3.02. The van der Waals surface area contributed by atoms with Crippen molar-refractivity contribution in [2.75, 3.05) is 0 Å². The fourth-order valence-electron chi connectivity index (χ4n) is 1.32. The van der Waals surface area contributed by atoms with Crippen molar-refractivity contribution in [3.8, 4) is 0 Å². The molecule has 0 aliphatic carbocycles. The second-order valence-electron chi connectivity index (χ2n) is 3.57. The minimum Gasteiger partial charge on any atom is -0.327 e. The van der Waals surface area contributed by atoms with E-state index in [-0.39, 0.29) is 6.04 Å². The minimum atomic E-state index is -4.27. The fraction of sp³-hybridized carbons (Fsp3) is 0.455. The average Bonchev–Trinajstić information content (AvgIpc) is 2.17. The van der Waals surface area contributed by atoms with E-state index in [0.717, 1.165) is 18.6 Å². The molecule has 0 spiro atoms. The Morgan fingerprint density at radius 3 is 2.53 bits per heavy atom. The molecule has 0 aromatic heterocycles. The molecule has 0 radical (unpaired) electrons. The molecule has 0 saturated heterocycles. The highest BCUT2D eigenvalue weighted by Crippen LogP contribution is 2.29. The molecule has 1 aromatic rings. The van der Waals surface area contributed by atoms with E-state index in [9.17, 15) is 13.2 Å². The van der Waals surface area contributed by atoms with Crippen molar-refractivity contribution < 1.29 is 13.2 Å². The van der Waals surface area contributed by atoms with Crippen LogP contribution in [0.1, 0.15) is 24.5 Å². The SMILES string of the molecule is CC[C@@H](N)Cc1cccc(C(F)(F)F)c1. The lowest BCUT2D eigenvalue weighted by Gasteiger charge is -2.11. The van der Waals surface area contributed by atoms with Crippen molar-refractivity contribution in [2.24, 2.45) is 5.73 Å². The van der Waals surface area contributed by atoms with Crippen LogP contribution in [0, 0.1) is 0 Å². The van der Waals surface area contributed by atoms with Crippen LogP contribution in [-0.4, -0.2) is 6.04 Å². The van der Waals surface area contributed by atoms with Gasteiger partial charge < -0.3 is 5.73 Å². The van der Waals surface area contributed by atoms with Gasteiger partial charge in [-0.25, -0.2) is 0 Å². The maximum atomic E-state index is 12.4. The van der Waals surface area contributed by atoms with Crippen LogP contribution in [0.4, 0.5) is 13.2 Å². The van der Waals surface area contributed by atoms with Crippen LogP contribution in [0.3, 0.4) is 0 Å². The van der Waals surface area contributed by atoms with Gasteiger partial charge in [-0.15, -0.1) is 0 Å². The van der Waals surface area contributed by atoms with E-state index in [1.807, 2.05) is 6.92 Å². The maximum absolute atomic E-state index is 12.4. The summed E-state index contributed by atoms with van der Waals surface area (Å²) in [5, 5.41) is 0. The van der Waals surface area contributed by atoms with E-state index in [2.05, 4.69) is 0 Å².